The summed E-state index contributed by atoms with van der Waals surface area (Å²) in [5, 5.41) is 14.1. The summed E-state index contributed by atoms with van der Waals surface area (Å²) >= 11 is 1.63. The van der Waals surface area contributed by atoms with Crippen molar-refractivity contribution in [2.75, 3.05) is 18.1 Å². The van der Waals surface area contributed by atoms with Gasteiger partial charge in [-0.2, -0.15) is 11.8 Å². The number of rotatable bonds is 5. The number of hydrogen-bond acceptors (Lipinski definition) is 4. The molecule has 1 rings (SSSR count). The fourth-order valence-electron chi connectivity index (χ4n) is 1.21. The molecular weight excluding hydrogens is 266 g/mol. The third-order valence-corrected chi connectivity index (χ3v) is 3.74. The van der Waals surface area contributed by atoms with E-state index < -0.39 is 12.0 Å². The zero-order valence-corrected chi connectivity index (χ0v) is 11.9. The summed E-state index contributed by atoms with van der Waals surface area (Å²) in [7, 11) is 0. The third kappa shape index (κ3) is 4.78. The number of carboxylic acids is 1. The molecule has 0 fully saturated rings. The minimum Gasteiger partial charge on any atom is -0.476 e. The number of carbonyl (C=O) groups is 2. The summed E-state index contributed by atoms with van der Waals surface area (Å²) in [4.78, 5) is 26.3. The Morgan fingerprint density at radius 1 is 1.47 bits per heavy atom. The molecule has 0 aliphatic heterocycles. The van der Waals surface area contributed by atoms with E-state index in [2.05, 4.69) is 15.6 Å². The Kier molecular flexibility index (Phi) is 5.17. The van der Waals surface area contributed by atoms with Crippen molar-refractivity contribution in [2.45, 2.75) is 18.6 Å². The van der Waals surface area contributed by atoms with Crippen molar-refractivity contribution >= 4 is 29.4 Å². The van der Waals surface area contributed by atoms with Crippen LogP contribution in [0.1, 0.15) is 24.3 Å². The Labute approximate surface area is 116 Å². The fourth-order valence-corrected chi connectivity index (χ4v) is 1.42. The smallest absolute Gasteiger partial charge is 0.356 e. The molecule has 2 amide bonds. The number of pyridine rings is 1. The summed E-state index contributed by atoms with van der Waals surface area (Å²) in [6, 6.07) is 2.61. The zero-order chi connectivity index (χ0) is 14.5. The molecule has 6 nitrogen and oxygen atoms in total. The van der Waals surface area contributed by atoms with Crippen LogP contribution >= 0.6 is 11.8 Å². The first kappa shape index (κ1) is 15.3. The molecule has 1 heterocycles. The minimum atomic E-state index is -1.18. The quantitative estimate of drug-likeness (QED) is 0.769. The second-order valence-electron chi connectivity index (χ2n) is 4.48. The Balaban J connectivity index is 2.65. The van der Waals surface area contributed by atoms with Crippen LogP contribution in [0.2, 0.25) is 0 Å². The highest BCUT2D eigenvalue weighted by atomic mass is 32.2. The third-order valence-electron chi connectivity index (χ3n) is 2.49. The predicted molar refractivity (Wildman–Crippen MR) is 75.8 cm³/mol. The molecular formula is C12H17N3O3S. The Morgan fingerprint density at radius 2 is 2.16 bits per heavy atom. The molecule has 1 aromatic heterocycles. The van der Waals surface area contributed by atoms with E-state index in [1.807, 2.05) is 20.1 Å². The SMILES string of the molecule is CSC(C)(C)CNC(=O)Nc1cccnc1C(=O)O. The highest BCUT2D eigenvalue weighted by Crippen LogP contribution is 2.19. The highest BCUT2D eigenvalue weighted by Gasteiger charge is 2.18. The van der Waals surface area contributed by atoms with Crippen LogP contribution in [0.25, 0.3) is 0 Å². The number of aromatic carboxylic acids is 1. The van der Waals surface area contributed by atoms with Crippen molar-refractivity contribution in [1.29, 1.82) is 0 Å². The zero-order valence-electron chi connectivity index (χ0n) is 11.1. The maximum Gasteiger partial charge on any atom is 0.356 e. The normalized spacial score (nSPS) is 10.9. The van der Waals surface area contributed by atoms with Gasteiger partial charge in [0.05, 0.1) is 5.69 Å². The van der Waals surface area contributed by atoms with Gasteiger partial charge in [0, 0.05) is 17.5 Å². The average Bonchev–Trinajstić information content (AvgIpc) is 2.37. The van der Waals surface area contributed by atoms with Gasteiger partial charge in [-0.25, -0.2) is 14.6 Å². The number of nitrogens with zero attached hydrogens (tertiary/aromatic N) is 1. The first-order valence-corrected chi connectivity index (χ1v) is 6.86. The number of urea groups is 1. The first-order valence-electron chi connectivity index (χ1n) is 5.64. The highest BCUT2D eigenvalue weighted by molar-refractivity contribution is 7.99. The second-order valence-corrected chi connectivity index (χ2v) is 5.99. The molecule has 0 unspecified atom stereocenters. The van der Waals surface area contributed by atoms with E-state index >= 15 is 0 Å². The van der Waals surface area contributed by atoms with Crippen molar-refractivity contribution in [3.63, 3.8) is 0 Å². The number of carbonyl (C=O) groups excluding carboxylic acids is 1. The van der Waals surface area contributed by atoms with Crippen LogP contribution in [0.15, 0.2) is 18.3 Å². The predicted octanol–water partition coefficient (Wildman–Crippen LogP) is 2.04. The second kappa shape index (κ2) is 6.42. The summed E-state index contributed by atoms with van der Waals surface area (Å²) in [6.45, 7) is 4.48. The number of aromatic nitrogens is 1. The lowest BCUT2D eigenvalue weighted by atomic mass is 10.2. The first-order chi connectivity index (χ1) is 8.85. The molecule has 3 N–H and O–H groups in total. The summed E-state index contributed by atoms with van der Waals surface area (Å²) in [5.74, 6) is -1.18. The van der Waals surface area contributed by atoms with Gasteiger partial charge in [0.25, 0.3) is 0 Å². The Morgan fingerprint density at radius 3 is 2.74 bits per heavy atom. The monoisotopic (exact) mass is 283 g/mol. The topological polar surface area (TPSA) is 91.3 Å². The maximum atomic E-state index is 11.7. The molecule has 0 aliphatic carbocycles. The Hall–Kier alpha value is -1.76. The maximum absolute atomic E-state index is 11.7. The van der Waals surface area contributed by atoms with E-state index in [9.17, 15) is 9.59 Å². The molecule has 0 saturated heterocycles. The van der Waals surface area contributed by atoms with E-state index in [1.54, 1.807) is 17.8 Å². The van der Waals surface area contributed by atoms with Gasteiger partial charge < -0.3 is 15.7 Å². The fraction of sp³-hybridized carbons (Fsp3) is 0.417. The minimum absolute atomic E-state index is 0.0814. The van der Waals surface area contributed by atoms with Gasteiger partial charge in [0.1, 0.15) is 0 Å². The van der Waals surface area contributed by atoms with Gasteiger partial charge in [-0.3, -0.25) is 0 Å². The van der Waals surface area contributed by atoms with E-state index in [1.165, 1.54) is 12.3 Å². The van der Waals surface area contributed by atoms with Crippen molar-refractivity contribution < 1.29 is 14.7 Å². The number of nitrogens with one attached hydrogen (secondary N) is 2. The molecule has 1 aromatic rings. The lowest BCUT2D eigenvalue weighted by Crippen LogP contribution is -2.38. The number of carboxylic acid groups (broad SMARTS) is 1. The molecule has 0 radical (unpaired) electrons. The molecule has 19 heavy (non-hydrogen) atoms. The van der Waals surface area contributed by atoms with E-state index in [4.69, 9.17) is 5.11 Å². The van der Waals surface area contributed by atoms with Gasteiger partial charge in [0.15, 0.2) is 5.69 Å². The number of amides is 2. The van der Waals surface area contributed by atoms with Gasteiger partial charge in [-0.15, -0.1) is 0 Å². The summed E-state index contributed by atoms with van der Waals surface area (Å²) < 4.78 is -0.0814. The largest absolute Gasteiger partial charge is 0.476 e. The van der Waals surface area contributed by atoms with E-state index in [0.29, 0.717) is 6.54 Å². The van der Waals surface area contributed by atoms with Gasteiger partial charge in [-0.1, -0.05) is 0 Å². The lowest BCUT2D eigenvalue weighted by molar-refractivity contribution is 0.0691. The van der Waals surface area contributed by atoms with Crippen LogP contribution in [0.4, 0.5) is 10.5 Å². The van der Waals surface area contributed by atoms with Crippen molar-refractivity contribution in [2.24, 2.45) is 0 Å². The van der Waals surface area contributed by atoms with Crippen LogP contribution in [0, 0.1) is 0 Å². The number of hydrogen-bond donors (Lipinski definition) is 3. The van der Waals surface area contributed by atoms with E-state index in [-0.39, 0.29) is 16.1 Å². The molecule has 7 heteroatoms. The van der Waals surface area contributed by atoms with Crippen LogP contribution < -0.4 is 10.6 Å². The van der Waals surface area contributed by atoms with Crippen molar-refractivity contribution in [3.8, 4) is 0 Å². The van der Waals surface area contributed by atoms with Crippen molar-refractivity contribution in [1.82, 2.24) is 10.3 Å². The molecule has 0 spiro atoms. The number of anilines is 1. The van der Waals surface area contributed by atoms with E-state index in [0.717, 1.165) is 0 Å². The average molecular weight is 283 g/mol. The lowest BCUT2D eigenvalue weighted by Gasteiger charge is -2.22. The molecule has 0 aromatic carbocycles. The van der Waals surface area contributed by atoms with Crippen LogP contribution in [0.3, 0.4) is 0 Å². The standard InChI is InChI=1S/C12H17N3O3S/c1-12(2,19-3)7-14-11(18)15-8-5-4-6-13-9(8)10(16)17/h4-6H,7H2,1-3H3,(H,16,17)(H2,14,15,18). The molecule has 0 aliphatic rings. The van der Waals surface area contributed by atoms with Crippen molar-refractivity contribution in [3.05, 3.63) is 24.0 Å². The molecule has 0 atom stereocenters. The van der Waals surface area contributed by atoms with Crippen LogP contribution in [-0.2, 0) is 0 Å². The molecule has 104 valence electrons. The molecule has 0 bridgehead atoms. The van der Waals surface area contributed by atoms with Gasteiger partial charge in [0.2, 0.25) is 0 Å². The molecule has 0 saturated carbocycles. The summed E-state index contributed by atoms with van der Waals surface area (Å²) in [5.41, 5.74) is -0.00349. The van der Waals surface area contributed by atoms with Gasteiger partial charge >= 0.3 is 12.0 Å². The van der Waals surface area contributed by atoms with Crippen LogP contribution in [-0.4, -0.2) is 39.6 Å². The summed E-state index contributed by atoms with van der Waals surface area (Å²) in [6.07, 6.45) is 3.33. The Bertz CT molecular complexity index is 477. The van der Waals surface area contributed by atoms with Crippen LogP contribution in [0.5, 0.6) is 0 Å². The number of thioether (sulfide) groups is 1. The van der Waals surface area contributed by atoms with Gasteiger partial charge in [-0.05, 0) is 32.2 Å².